The van der Waals surface area contributed by atoms with E-state index in [9.17, 15) is 22.8 Å². The summed E-state index contributed by atoms with van der Waals surface area (Å²) in [5.41, 5.74) is -2.13. The van der Waals surface area contributed by atoms with Gasteiger partial charge in [-0.15, -0.1) is 16.4 Å². The van der Waals surface area contributed by atoms with Crippen molar-refractivity contribution in [3.8, 4) is 17.4 Å². The third-order valence-electron chi connectivity index (χ3n) is 6.43. The Morgan fingerprint density at radius 1 is 1.17 bits per heavy atom. The summed E-state index contributed by atoms with van der Waals surface area (Å²) >= 11 is 13.9. The Morgan fingerprint density at radius 3 is 2.56 bits per heavy atom. The first-order valence-corrected chi connectivity index (χ1v) is 13.6. The number of carbonyl (C=O) groups excluding carboxylic acids is 2. The second-order valence-electron chi connectivity index (χ2n) is 9.11. The minimum absolute atomic E-state index is 0.0389. The number of nitrogens with one attached hydrogen (secondary N) is 1. The Balaban J connectivity index is 1.48. The molecule has 0 bridgehead atoms. The van der Waals surface area contributed by atoms with Gasteiger partial charge in [-0.1, -0.05) is 23.2 Å². The van der Waals surface area contributed by atoms with Crippen LogP contribution in [0.5, 0.6) is 11.6 Å². The largest absolute Gasteiger partial charge is 0.437 e. The molecule has 1 saturated heterocycles. The lowest BCUT2D eigenvalue weighted by atomic mass is 9.91. The van der Waals surface area contributed by atoms with Crippen molar-refractivity contribution in [3.05, 3.63) is 80.2 Å². The van der Waals surface area contributed by atoms with Crippen LogP contribution in [0.2, 0.25) is 10.0 Å². The van der Waals surface area contributed by atoms with E-state index in [2.05, 4.69) is 15.4 Å². The molecule has 1 N–H and O–H groups in total. The zero-order valence-corrected chi connectivity index (χ0v) is 23.7. The van der Waals surface area contributed by atoms with Crippen molar-refractivity contribution in [2.45, 2.75) is 18.7 Å². The Bertz CT molecular complexity index is 1620. The van der Waals surface area contributed by atoms with Crippen LogP contribution < -0.4 is 10.1 Å². The highest BCUT2D eigenvalue weighted by Gasteiger charge is 2.63. The van der Waals surface area contributed by atoms with Crippen LogP contribution in [0.15, 0.2) is 53.4 Å². The van der Waals surface area contributed by atoms with Crippen LogP contribution >= 0.6 is 34.5 Å². The molecule has 0 atom stereocenters. The Morgan fingerprint density at radius 2 is 1.93 bits per heavy atom. The van der Waals surface area contributed by atoms with E-state index in [-0.39, 0.29) is 38.7 Å². The third-order valence-corrected chi connectivity index (χ3v) is 7.61. The maximum atomic E-state index is 13.7. The van der Waals surface area contributed by atoms with Crippen LogP contribution in [-0.4, -0.2) is 63.5 Å². The number of hydrogen-bond acceptors (Lipinski definition) is 7. The number of halogens is 5. The first kappa shape index (κ1) is 28.9. The molecule has 5 rings (SSSR count). The number of carbonyl (C=O) groups is 2. The Kier molecular flexibility index (Phi) is 7.72. The standard InChI is InChI=1S/C26H20Cl2F3N5O4S/c1-14-8-15(27)9-17(24(38)35-12-25(13-35,39-2)26(29,30)31)21(14)33-23(37)19-10-20(40-16-5-7-41-11-16)34-36(19)22-18(28)4-3-6-32-22/h3-11H,12-13H2,1-2H3,(H,33,37). The zero-order valence-electron chi connectivity index (χ0n) is 21.3. The van der Waals surface area contributed by atoms with Crippen LogP contribution in [0, 0.1) is 6.92 Å². The fourth-order valence-corrected chi connectivity index (χ4v) is 5.29. The Hall–Kier alpha value is -3.65. The minimum atomic E-state index is -4.67. The molecule has 41 heavy (non-hydrogen) atoms. The second-order valence-corrected chi connectivity index (χ2v) is 10.7. The number of rotatable bonds is 7. The monoisotopic (exact) mass is 625 g/mol. The number of ether oxygens (including phenoxy) is 2. The van der Waals surface area contributed by atoms with Crippen LogP contribution in [0.4, 0.5) is 18.9 Å². The number of pyridine rings is 1. The highest BCUT2D eigenvalue weighted by molar-refractivity contribution is 7.08. The van der Waals surface area contributed by atoms with Crippen LogP contribution in [-0.2, 0) is 4.74 Å². The van der Waals surface area contributed by atoms with Gasteiger partial charge >= 0.3 is 6.18 Å². The van der Waals surface area contributed by atoms with E-state index in [1.54, 1.807) is 35.9 Å². The molecule has 15 heteroatoms. The van der Waals surface area contributed by atoms with Crippen LogP contribution in [0.25, 0.3) is 5.82 Å². The lowest BCUT2D eigenvalue weighted by Crippen LogP contribution is -2.71. The molecule has 4 heterocycles. The van der Waals surface area contributed by atoms with Gasteiger partial charge in [0.25, 0.3) is 11.8 Å². The Labute approximate surface area is 245 Å². The number of alkyl halides is 3. The molecule has 0 radical (unpaired) electrons. The predicted octanol–water partition coefficient (Wildman–Crippen LogP) is 6.39. The second kappa shape index (κ2) is 11.0. The summed E-state index contributed by atoms with van der Waals surface area (Å²) < 4.78 is 52.2. The van der Waals surface area contributed by atoms with Gasteiger partial charge in [0.2, 0.25) is 5.88 Å². The summed E-state index contributed by atoms with van der Waals surface area (Å²) in [5.74, 6) is -0.759. The number of benzene rings is 1. The van der Waals surface area contributed by atoms with Gasteiger partial charge < -0.3 is 19.7 Å². The fraction of sp³-hybridized carbons (Fsp3) is 0.231. The molecule has 3 aromatic heterocycles. The van der Waals surface area contributed by atoms with E-state index >= 15 is 0 Å². The molecule has 2 amide bonds. The molecule has 0 saturated carbocycles. The number of anilines is 1. The van der Waals surface area contributed by atoms with Crippen molar-refractivity contribution < 1.29 is 32.2 Å². The first-order valence-electron chi connectivity index (χ1n) is 11.9. The normalized spacial score (nSPS) is 14.5. The number of aryl methyl sites for hydroxylation is 1. The molecule has 0 unspecified atom stereocenters. The average molecular weight is 626 g/mol. The molecule has 9 nitrogen and oxygen atoms in total. The summed E-state index contributed by atoms with van der Waals surface area (Å²) in [7, 11) is 0.942. The molecule has 0 aliphatic carbocycles. The molecule has 4 aromatic rings. The summed E-state index contributed by atoms with van der Waals surface area (Å²) in [6.45, 7) is 0.180. The maximum absolute atomic E-state index is 13.7. The van der Waals surface area contributed by atoms with Crippen molar-refractivity contribution in [1.82, 2.24) is 19.7 Å². The summed E-state index contributed by atoms with van der Waals surface area (Å²) in [4.78, 5) is 32.2. The minimum Gasteiger partial charge on any atom is -0.437 e. The van der Waals surface area contributed by atoms with Gasteiger partial charge in [0.15, 0.2) is 11.4 Å². The highest BCUT2D eigenvalue weighted by atomic mass is 35.5. The van der Waals surface area contributed by atoms with Gasteiger partial charge in [0, 0.05) is 29.8 Å². The topological polar surface area (TPSA) is 98.6 Å². The number of thiophene rings is 1. The van der Waals surface area contributed by atoms with Crippen LogP contribution in [0.3, 0.4) is 0 Å². The molecular formula is C26H20Cl2F3N5O4S. The van der Waals surface area contributed by atoms with E-state index in [1.165, 1.54) is 40.4 Å². The van der Waals surface area contributed by atoms with E-state index in [0.717, 1.165) is 12.0 Å². The van der Waals surface area contributed by atoms with E-state index in [4.69, 9.17) is 32.7 Å². The SMILES string of the molecule is COC1(C(F)(F)F)CN(C(=O)c2cc(Cl)cc(C)c2NC(=O)c2cc(Oc3ccsc3)nn2-c2ncccc2Cl)C1. The van der Waals surface area contributed by atoms with E-state index in [1.807, 2.05) is 0 Å². The van der Waals surface area contributed by atoms with Crippen molar-refractivity contribution in [2.24, 2.45) is 0 Å². The van der Waals surface area contributed by atoms with Gasteiger partial charge in [-0.3, -0.25) is 9.59 Å². The number of hydrogen-bond donors (Lipinski definition) is 1. The molecular weight excluding hydrogens is 606 g/mol. The number of methoxy groups -OCH3 is 1. The summed E-state index contributed by atoms with van der Waals surface area (Å²) in [6, 6.07) is 9.07. The smallest absolute Gasteiger partial charge is 0.420 e. The van der Waals surface area contributed by atoms with Gasteiger partial charge in [-0.25, -0.2) is 9.67 Å². The lowest BCUT2D eigenvalue weighted by molar-refractivity contribution is -0.303. The lowest BCUT2D eigenvalue weighted by Gasteiger charge is -2.49. The van der Waals surface area contributed by atoms with Crippen molar-refractivity contribution in [2.75, 3.05) is 25.5 Å². The van der Waals surface area contributed by atoms with Crippen LogP contribution in [0.1, 0.15) is 26.4 Å². The van der Waals surface area contributed by atoms with E-state index in [0.29, 0.717) is 11.3 Å². The van der Waals surface area contributed by atoms with Gasteiger partial charge in [0.05, 0.1) is 29.4 Å². The molecule has 1 aromatic carbocycles. The molecule has 1 aliphatic rings. The van der Waals surface area contributed by atoms with Gasteiger partial charge in [0.1, 0.15) is 11.4 Å². The number of amides is 2. The zero-order chi connectivity index (χ0) is 29.5. The van der Waals surface area contributed by atoms with Crippen molar-refractivity contribution in [3.63, 3.8) is 0 Å². The first-order chi connectivity index (χ1) is 19.4. The highest BCUT2D eigenvalue weighted by Crippen LogP contribution is 2.42. The third kappa shape index (κ3) is 5.49. The average Bonchev–Trinajstić information content (AvgIpc) is 3.55. The fourth-order valence-electron chi connectivity index (χ4n) is 4.26. The molecule has 1 aliphatic heterocycles. The predicted molar refractivity (Wildman–Crippen MR) is 147 cm³/mol. The molecule has 1 fully saturated rings. The van der Waals surface area contributed by atoms with E-state index < -0.39 is 36.7 Å². The molecule has 214 valence electrons. The maximum Gasteiger partial charge on any atom is 0.420 e. The quantitative estimate of drug-likeness (QED) is 0.255. The number of nitrogens with zero attached hydrogens (tertiary/aromatic N) is 4. The van der Waals surface area contributed by atoms with Gasteiger partial charge in [-0.05, 0) is 48.2 Å². The summed E-state index contributed by atoms with van der Waals surface area (Å²) in [5, 5.41) is 11.0. The number of likely N-dealkylation sites (tertiary alicyclic amines) is 1. The van der Waals surface area contributed by atoms with Crippen molar-refractivity contribution >= 4 is 52.0 Å². The van der Waals surface area contributed by atoms with Crippen molar-refractivity contribution in [1.29, 1.82) is 0 Å². The molecule has 0 spiro atoms. The summed E-state index contributed by atoms with van der Waals surface area (Å²) in [6.07, 6.45) is -3.20. The van der Waals surface area contributed by atoms with Gasteiger partial charge in [-0.2, -0.15) is 13.2 Å². The number of aromatic nitrogens is 3.